The van der Waals surface area contributed by atoms with E-state index in [-0.39, 0.29) is 17.5 Å². The zero-order valence-corrected chi connectivity index (χ0v) is 23.3. The number of carbonyl (C=O) groups is 1. The molecule has 38 heavy (non-hydrogen) atoms. The van der Waals surface area contributed by atoms with Crippen LogP contribution in [0.15, 0.2) is 30.3 Å². The van der Waals surface area contributed by atoms with Gasteiger partial charge >= 0.3 is 6.18 Å². The predicted molar refractivity (Wildman–Crippen MR) is 146 cm³/mol. The van der Waals surface area contributed by atoms with Gasteiger partial charge in [-0.1, -0.05) is 12.1 Å². The highest BCUT2D eigenvalue weighted by atomic mass is 31.2. The summed E-state index contributed by atoms with van der Waals surface area (Å²) in [4.78, 5) is 22.9. The van der Waals surface area contributed by atoms with Gasteiger partial charge < -0.3 is 20.1 Å². The Bertz CT molecular complexity index is 1440. The number of carbonyl (C=O) groups excluding carboxylic acids is 1. The lowest BCUT2D eigenvalue weighted by molar-refractivity contribution is -0.138. The molecule has 0 saturated carbocycles. The highest BCUT2D eigenvalue weighted by Gasteiger charge is 2.33. The number of anilines is 2. The van der Waals surface area contributed by atoms with Crippen LogP contribution in [0.25, 0.3) is 10.9 Å². The molecule has 7 nitrogen and oxygen atoms in total. The Labute approximate surface area is 220 Å². The Balaban J connectivity index is 1.79. The van der Waals surface area contributed by atoms with Crippen molar-refractivity contribution in [3.05, 3.63) is 52.8 Å². The van der Waals surface area contributed by atoms with Crippen LogP contribution in [-0.4, -0.2) is 48.3 Å². The van der Waals surface area contributed by atoms with Gasteiger partial charge in [0.05, 0.1) is 17.1 Å². The van der Waals surface area contributed by atoms with E-state index in [1.54, 1.807) is 33.2 Å². The second-order valence-corrected chi connectivity index (χ2v) is 13.5. The van der Waals surface area contributed by atoms with Crippen molar-refractivity contribution in [3.63, 3.8) is 0 Å². The normalized spacial score (nSPS) is 17.1. The molecule has 1 fully saturated rings. The summed E-state index contributed by atoms with van der Waals surface area (Å²) in [6, 6.07) is 7.43. The summed E-state index contributed by atoms with van der Waals surface area (Å²) in [5.74, 6) is 0.881. The number of alkyl halides is 3. The van der Waals surface area contributed by atoms with Gasteiger partial charge in [-0.15, -0.1) is 0 Å². The number of aromatic nitrogens is 2. The number of amides is 1. The highest BCUT2D eigenvalue weighted by Crippen LogP contribution is 2.42. The van der Waals surface area contributed by atoms with Crippen molar-refractivity contribution in [2.45, 2.75) is 52.4 Å². The van der Waals surface area contributed by atoms with Crippen molar-refractivity contribution in [3.8, 4) is 0 Å². The average molecular weight is 548 g/mol. The molecule has 0 radical (unpaired) electrons. The quantitative estimate of drug-likeness (QED) is 0.402. The number of halogens is 3. The van der Waals surface area contributed by atoms with Crippen molar-refractivity contribution in [2.75, 3.05) is 36.6 Å². The molecular weight excluding hydrogens is 514 g/mol. The van der Waals surface area contributed by atoms with Gasteiger partial charge in [0.15, 0.2) is 0 Å². The van der Waals surface area contributed by atoms with Crippen LogP contribution in [0.3, 0.4) is 0 Å². The monoisotopic (exact) mass is 547 g/mol. The molecule has 1 aliphatic rings. The summed E-state index contributed by atoms with van der Waals surface area (Å²) in [6.07, 6.45) is -3.68. The van der Waals surface area contributed by atoms with Gasteiger partial charge in [-0.2, -0.15) is 13.2 Å². The van der Waals surface area contributed by atoms with Gasteiger partial charge in [0.2, 0.25) is 5.91 Å². The van der Waals surface area contributed by atoms with Gasteiger partial charge in [-0.3, -0.25) is 4.79 Å². The minimum atomic E-state index is -4.44. The molecule has 0 bridgehead atoms. The Kier molecular flexibility index (Phi) is 7.49. The number of nitrogens with one attached hydrogen (secondary N) is 2. The van der Waals surface area contributed by atoms with Crippen LogP contribution in [0.2, 0.25) is 0 Å². The number of rotatable bonds is 6. The Morgan fingerprint density at radius 2 is 1.89 bits per heavy atom. The van der Waals surface area contributed by atoms with Crippen LogP contribution in [0, 0.1) is 13.8 Å². The second kappa shape index (κ2) is 10.2. The molecule has 0 unspecified atom stereocenters. The van der Waals surface area contributed by atoms with Gasteiger partial charge in [0, 0.05) is 42.4 Å². The molecule has 2 atom stereocenters. The first-order valence-electron chi connectivity index (χ1n) is 12.5. The molecule has 3 aromatic rings. The predicted octanol–water partition coefficient (Wildman–Crippen LogP) is 5.40. The molecule has 2 N–H and O–H groups in total. The number of aryl methyl sites for hydroxylation is 1. The average Bonchev–Trinajstić information content (AvgIpc) is 3.24. The minimum absolute atomic E-state index is 0.0140. The number of hydrogen-bond acceptors (Lipinski definition) is 6. The minimum Gasteiger partial charge on any atom is -0.369 e. The summed E-state index contributed by atoms with van der Waals surface area (Å²) < 4.78 is 53.9. The summed E-state index contributed by atoms with van der Waals surface area (Å²) >= 11 is 0. The van der Waals surface area contributed by atoms with Crippen LogP contribution >= 0.6 is 7.14 Å². The molecule has 1 aromatic heterocycles. The van der Waals surface area contributed by atoms with Crippen molar-refractivity contribution in [1.82, 2.24) is 15.3 Å². The van der Waals surface area contributed by atoms with Crippen LogP contribution in [0.1, 0.15) is 48.8 Å². The molecule has 204 valence electrons. The molecule has 2 aromatic carbocycles. The number of hydrogen-bond donors (Lipinski definition) is 2. The van der Waals surface area contributed by atoms with Crippen molar-refractivity contribution in [2.24, 2.45) is 0 Å². The molecule has 1 saturated heterocycles. The fraction of sp³-hybridized carbons (Fsp3) is 0.444. The summed E-state index contributed by atoms with van der Waals surface area (Å²) in [7, 11) is -2.71. The highest BCUT2D eigenvalue weighted by molar-refractivity contribution is 7.70. The smallest absolute Gasteiger partial charge is 0.369 e. The van der Waals surface area contributed by atoms with Crippen molar-refractivity contribution >= 4 is 40.8 Å². The maximum absolute atomic E-state index is 13.5. The maximum atomic E-state index is 13.5. The Hall–Kier alpha value is -3.13. The number of benzene rings is 2. The second-order valence-electron chi connectivity index (χ2n) is 10.3. The first kappa shape index (κ1) is 27.9. The number of fused-ring (bicyclic) bond motifs is 1. The lowest BCUT2D eigenvalue weighted by Gasteiger charge is -2.26. The Morgan fingerprint density at radius 3 is 2.53 bits per heavy atom. The fourth-order valence-electron chi connectivity index (χ4n) is 5.16. The molecular formula is C27H33F3N5O2P. The standard InChI is InChI=1S/C27H33F3N5O2P/c1-15-20(8-7-9-22(15)27(28,29)30)16(2)31-26-21-12-24(35-11-10-19(14-35)34-18(4)36)25(38(5,6)37)13-23(21)32-17(3)33-26/h7-9,12-13,16,19H,10-11,14H2,1-6H3,(H,34,36)(H,31,32,33)/t16-,19-/m1/s1. The van der Waals surface area contributed by atoms with Crippen molar-refractivity contribution < 1.29 is 22.5 Å². The molecule has 0 aliphatic carbocycles. The van der Waals surface area contributed by atoms with Gasteiger partial charge in [0.1, 0.15) is 18.8 Å². The first-order chi connectivity index (χ1) is 17.6. The third kappa shape index (κ3) is 5.80. The molecule has 0 spiro atoms. The van der Waals surface area contributed by atoms with Crippen LogP contribution in [0.4, 0.5) is 24.7 Å². The van der Waals surface area contributed by atoms with E-state index in [0.717, 1.165) is 18.2 Å². The van der Waals surface area contributed by atoms with Crippen LogP contribution < -0.4 is 20.8 Å². The SMILES string of the molecule is CC(=O)N[C@@H]1CCN(c2cc3c(N[C@H](C)c4cccc(C(F)(F)F)c4C)nc(C)nc3cc2P(C)(C)=O)C1. The summed E-state index contributed by atoms with van der Waals surface area (Å²) in [5, 5.41) is 7.64. The third-order valence-electron chi connectivity index (χ3n) is 6.92. The van der Waals surface area contributed by atoms with E-state index in [1.165, 1.54) is 19.9 Å². The van der Waals surface area contributed by atoms with Crippen molar-refractivity contribution in [1.29, 1.82) is 0 Å². The molecule has 2 heterocycles. The lowest BCUT2D eigenvalue weighted by Crippen LogP contribution is -2.36. The van der Waals surface area contributed by atoms with E-state index >= 15 is 0 Å². The van der Waals surface area contributed by atoms with E-state index in [0.29, 0.717) is 46.5 Å². The van der Waals surface area contributed by atoms with E-state index < -0.39 is 24.9 Å². The van der Waals surface area contributed by atoms with E-state index in [1.807, 2.05) is 12.1 Å². The van der Waals surface area contributed by atoms with E-state index in [9.17, 15) is 22.5 Å². The van der Waals surface area contributed by atoms with E-state index in [2.05, 4.69) is 25.5 Å². The zero-order valence-electron chi connectivity index (χ0n) is 22.4. The number of nitrogens with zero attached hydrogens (tertiary/aromatic N) is 3. The molecule has 1 amide bonds. The Morgan fingerprint density at radius 1 is 1.18 bits per heavy atom. The summed E-state index contributed by atoms with van der Waals surface area (Å²) in [5.41, 5.74) is 1.41. The maximum Gasteiger partial charge on any atom is 0.416 e. The lowest BCUT2D eigenvalue weighted by atomic mass is 9.97. The summed E-state index contributed by atoms with van der Waals surface area (Å²) in [6.45, 7) is 11.2. The van der Waals surface area contributed by atoms with Gasteiger partial charge in [0.25, 0.3) is 0 Å². The molecule has 11 heteroatoms. The zero-order chi connectivity index (χ0) is 28.0. The topological polar surface area (TPSA) is 87.2 Å². The van der Waals surface area contributed by atoms with Gasteiger partial charge in [-0.05, 0) is 69.8 Å². The van der Waals surface area contributed by atoms with E-state index in [4.69, 9.17) is 0 Å². The fourth-order valence-corrected chi connectivity index (χ4v) is 6.35. The molecule has 1 aliphatic heterocycles. The third-order valence-corrected chi connectivity index (χ3v) is 8.44. The van der Waals surface area contributed by atoms with Crippen LogP contribution in [-0.2, 0) is 15.5 Å². The largest absolute Gasteiger partial charge is 0.416 e. The molecule has 4 rings (SSSR count). The van der Waals surface area contributed by atoms with Gasteiger partial charge in [-0.25, -0.2) is 9.97 Å². The first-order valence-corrected chi connectivity index (χ1v) is 15.1. The van der Waals surface area contributed by atoms with Crippen LogP contribution in [0.5, 0.6) is 0 Å².